The van der Waals surface area contributed by atoms with Gasteiger partial charge in [-0.3, -0.25) is 4.79 Å². The van der Waals surface area contributed by atoms with Crippen molar-refractivity contribution in [2.24, 2.45) is 5.92 Å². The van der Waals surface area contributed by atoms with Gasteiger partial charge in [0.1, 0.15) is 0 Å². The summed E-state index contributed by atoms with van der Waals surface area (Å²) in [5, 5.41) is 3.19. The summed E-state index contributed by atoms with van der Waals surface area (Å²) in [5.41, 5.74) is 0. The van der Waals surface area contributed by atoms with Crippen LogP contribution in [0.15, 0.2) is 12.4 Å². The van der Waals surface area contributed by atoms with Gasteiger partial charge in [-0.1, -0.05) is 6.92 Å². The topological polar surface area (TPSA) is 41.6 Å². The van der Waals surface area contributed by atoms with Crippen molar-refractivity contribution in [3.05, 3.63) is 12.4 Å². The second kappa shape index (κ2) is 9.07. The molecule has 0 amide bonds. The van der Waals surface area contributed by atoms with Gasteiger partial charge in [0.25, 0.3) is 0 Å². The van der Waals surface area contributed by atoms with Crippen LogP contribution in [-0.4, -0.2) is 38.1 Å². The lowest BCUT2D eigenvalue weighted by Crippen LogP contribution is -2.16. The van der Waals surface area contributed by atoms with Gasteiger partial charge >= 0.3 is 5.97 Å². The molecule has 94 valence electrons. The molecular weight excluding hydrogens is 204 g/mol. The lowest BCUT2D eigenvalue weighted by molar-refractivity contribution is -0.145. The molecule has 1 unspecified atom stereocenters. The highest BCUT2D eigenvalue weighted by Crippen LogP contribution is 2.06. The number of carbonyl (C=O) groups excluding carboxylic acids is 1. The summed E-state index contributed by atoms with van der Waals surface area (Å²) < 4.78 is 4.66. The van der Waals surface area contributed by atoms with E-state index in [0.29, 0.717) is 0 Å². The van der Waals surface area contributed by atoms with Crippen molar-refractivity contribution in [3.63, 3.8) is 0 Å². The number of rotatable bonds is 8. The Morgan fingerprint density at radius 2 is 2.25 bits per heavy atom. The Labute approximate surface area is 98.6 Å². The molecular formula is C12H24N2O2. The van der Waals surface area contributed by atoms with Gasteiger partial charge in [0.05, 0.1) is 13.0 Å². The summed E-state index contributed by atoms with van der Waals surface area (Å²) in [7, 11) is 3.46. The number of nitrogens with zero attached hydrogens (tertiary/aromatic N) is 1. The zero-order valence-corrected chi connectivity index (χ0v) is 10.8. The molecule has 0 aromatic heterocycles. The molecule has 16 heavy (non-hydrogen) atoms. The van der Waals surface area contributed by atoms with E-state index in [4.69, 9.17) is 0 Å². The summed E-state index contributed by atoms with van der Waals surface area (Å²) in [5.74, 6) is -0.129. The van der Waals surface area contributed by atoms with Crippen LogP contribution in [0.3, 0.4) is 0 Å². The average molecular weight is 228 g/mol. The molecule has 0 rings (SSSR count). The van der Waals surface area contributed by atoms with E-state index in [1.807, 2.05) is 26.4 Å². The molecule has 4 heteroatoms. The predicted octanol–water partition coefficient (Wildman–Crippen LogP) is 1.59. The van der Waals surface area contributed by atoms with E-state index in [0.717, 1.165) is 25.9 Å². The van der Waals surface area contributed by atoms with Crippen LogP contribution in [0.2, 0.25) is 0 Å². The molecule has 0 radical (unpaired) electrons. The molecule has 0 heterocycles. The molecule has 4 nitrogen and oxygen atoms in total. The highest BCUT2D eigenvalue weighted by molar-refractivity contribution is 5.71. The predicted molar refractivity (Wildman–Crippen MR) is 65.9 cm³/mol. The molecule has 1 atom stereocenters. The third-order valence-corrected chi connectivity index (χ3v) is 2.51. The van der Waals surface area contributed by atoms with Gasteiger partial charge in [-0.15, -0.1) is 0 Å². The fourth-order valence-electron chi connectivity index (χ4n) is 1.20. The van der Waals surface area contributed by atoms with Crippen LogP contribution < -0.4 is 5.32 Å². The van der Waals surface area contributed by atoms with Crippen molar-refractivity contribution < 1.29 is 9.53 Å². The second-order valence-corrected chi connectivity index (χ2v) is 3.91. The monoisotopic (exact) mass is 228 g/mol. The van der Waals surface area contributed by atoms with E-state index < -0.39 is 0 Å². The number of esters is 1. The SMILES string of the molecule is CCN(C)/C=C/NCCCC(C)C(=O)OC. The van der Waals surface area contributed by atoms with Crippen molar-refractivity contribution in [2.75, 3.05) is 27.2 Å². The van der Waals surface area contributed by atoms with Gasteiger partial charge in [0.15, 0.2) is 0 Å². The van der Waals surface area contributed by atoms with E-state index in [1.54, 1.807) is 0 Å². The van der Waals surface area contributed by atoms with Gasteiger partial charge in [0.2, 0.25) is 0 Å². The maximum absolute atomic E-state index is 11.1. The zero-order valence-electron chi connectivity index (χ0n) is 10.8. The Hall–Kier alpha value is -1.19. The molecule has 0 aromatic carbocycles. The Balaban J connectivity index is 3.47. The van der Waals surface area contributed by atoms with E-state index in [-0.39, 0.29) is 11.9 Å². The summed E-state index contributed by atoms with van der Waals surface area (Å²) in [6, 6.07) is 0. The lowest BCUT2D eigenvalue weighted by atomic mass is 10.1. The minimum absolute atomic E-state index is 0.00547. The third-order valence-electron chi connectivity index (χ3n) is 2.51. The highest BCUT2D eigenvalue weighted by Gasteiger charge is 2.11. The summed E-state index contributed by atoms with van der Waals surface area (Å²) in [6.07, 6.45) is 5.77. The lowest BCUT2D eigenvalue weighted by Gasteiger charge is -2.10. The first-order valence-electron chi connectivity index (χ1n) is 5.80. The Morgan fingerprint density at radius 1 is 1.56 bits per heavy atom. The van der Waals surface area contributed by atoms with Crippen molar-refractivity contribution in [1.82, 2.24) is 10.2 Å². The van der Waals surface area contributed by atoms with Crippen molar-refractivity contribution >= 4 is 5.97 Å². The Kier molecular flexibility index (Phi) is 8.39. The van der Waals surface area contributed by atoms with E-state index >= 15 is 0 Å². The summed E-state index contributed by atoms with van der Waals surface area (Å²) >= 11 is 0. The van der Waals surface area contributed by atoms with Crippen LogP contribution in [-0.2, 0) is 9.53 Å². The molecule has 0 aliphatic heterocycles. The molecule has 0 fully saturated rings. The van der Waals surface area contributed by atoms with Crippen molar-refractivity contribution in [1.29, 1.82) is 0 Å². The van der Waals surface area contributed by atoms with E-state index in [1.165, 1.54) is 7.11 Å². The van der Waals surface area contributed by atoms with Gasteiger partial charge in [0, 0.05) is 32.5 Å². The number of hydrogen-bond donors (Lipinski definition) is 1. The Morgan fingerprint density at radius 3 is 2.81 bits per heavy atom. The summed E-state index contributed by atoms with van der Waals surface area (Å²) in [4.78, 5) is 13.2. The minimum Gasteiger partial charge on any atom is -0.469 e. The largest absolute Gasteiger partial charge is 0.469 e. The number of methoxy groups -OCH3 is 1. The van der Waals surface area contributed by atoms with Crippen LogP contribution in [0.25, 0.3) is 0 Å². The fraction of sp³-hybridized carbons (Fsp3) is 0.750. The van der Waals surface area contributed by atoms with Crippen LogP contribution in [0.4, 0.5) is 0 Å². The van der Waals surface area contributed by atoms with Gasteiger partial charge in [-0.2, -0.15) is 0 Å². The fourth-order valence-corrected chi connectivity index (χ4v) is 1.20. The first kappa shape index (κ1) is 14.8. The molecule has 0 aliphatic carbocycles. The smallest absolute Gasteiger partial charge is 0.308 e. The molecule has 1 N–H and O–H groups in total. The first-order valence-corrected chi connectivity index (χ1v) is 5.80. The zero-order chi connectivity index (χ0) is 12.4. The van der Waals surface area contributed by atoms with Crippen LogP contribution >= 0.6 is 0 Å². The van der Waals surface area contributed by atoms with Gasteiger partial charge in [-0.25, -0.2) is 0 Å². The Bertz CT molecular complexity index is 217. The molecule has 0 aromatic rings. The normalized spacial score (nSPS) is 12.5. The van der Waals surface area contributed by atoms with Crippen molar-refractivity contribution in [3.8, 4) is 0 Å². The van der Waals surface area contributed by atoms with Crippen molar-refractivity contribution in [2.45, 2.75) is 26.7 Å². The van der Waals surface area contributed by atoms with E-state index in [9.17, 15) is 4.79 Å². The molecule has 0 aliphatic rings. The maximum Gasteiger partial charge on any atom is 0.308 e. The minimum atomic E-state index is -0.124. The van der Waals surface area contributed by atoms with Crippen LogP contribution in [0.5, 0.6) is 0 Å². The molecule has 0 saturated heterocycles. The number of nitrogens with one attached hydrogen (secondary N) is 1. The van der Waals surface area contributed by atoms with E-state index in [2.05, 4.69) is 21.9 Å². The number of ether oxygens (including phenoxy) is 1. The molecule has 0 saturated carbocycles. The molecule has 0 bridgehead atoms. The number of carbonyl (C=O) groups is 1. The standard InChI is InChI=1S/C12H24N2O2/c1-5-14(3)10-9-13-8-6-7-11(2)12(15)16-4/h9-11,13H,5-8H2,1-4H3/b10-9+. The third kappa shape index (κ3) is 7.15. The van der Waals surface area contributed by atoms with Crippen LogP contribution in [0.1, 0.15) is 26.7 Å². The summed E-state index contributed by atoms with van der Waals surface area (Å²) in [6.45, 7) is 5.88. The van der Waals surface area contributed by atoms with Gasteiger partial charge < -0.3 is 15.0 Å². The highest BCUT2D eigenvalue weighted by atomic mass is 16.5. The van der Waals surface area contributed by atoms with Gasteiger partial charge in [-0.05, 0) is 19.8 Å². The first-order chi connectivity index (χ1) is 7.61. The maximum atomic E-state index is 11.1. The van der Waals surface area contributed by atoms with Crippen LogP contribution in [0, 0.1) is 5.92 Å². The number of hydrogen-bond acceptors (Lipinski definition) is 4. The second-order valence-electron chi connectivity index (χ2n) is 3.91. The average Bonchev–Trinajstić information content (AvgIpc) is 2.31. The molecule has 0 spiro atoms. The quantitative estimate of drug-likeness (QED) is 0.506.